The largest absolute Gasteiger partial charge is 0.469 e. The molecule has 0 aromatic rings. The van der Waals surface area contributed by atoms with Gasteiger partial charge in [0.1, 0.15) is 131 Å². The number of Topliss-reactive ketones (excluding diaryl/α,β-unsaturated/α-hetero) is 6. The van der Waals surface area contributed by atoms with Crippen molar-refractivity contribution in [2.24, 2.45) is 51.8 Å². The quantitative estimate of drug-likeness (QED) is 0.0323. The highest BCUT2D eigenvalue weighted by Gasteiger charge is 2.43. The summed E-state index contributed by atoms with van der Waals surface area (Å²) in [6, 6.07) is 0. The van der Waals surface area contributed by atoms with E-state index in [1.807, 2.05) is 20.8 Å². The highest BCUT2D eigenvalue weighted by Crippen LogP contribution is 2.36. The van der Waals surface area contributed by atoms with Crippen molar-refractivity contribution < 1.29 is 134 Å². The molecule has 0 bridgehead atoms. The van der Waals surface area contributed by atoms with Gasteiger partial charge in [-0.2, -0.15) is 0 Å². The first-order valence-corrected chi connectivity index (χ1v) is 42.4. The number of methoxy groups -OCH3 is 1. The molecule has 116 heavy (non-hydrogen) atoms. The molecular weight excluding hydrogens is 1500 g/mol. The van der Waals surface area contributed by atoms with Crippen molar-refractivity contribution in [2.75, 3.05) is 7.11 Å². The first-order chi connectivity index (χ1) is 54.3. The Bertz CT molecular complexity index is 3320. The molecule has 4 fully saturated rings. The average Bonchev–Trinajstić information content (AvgIpc) is 1.13. The molecule has 0 saturated heterocycles. The number of ether oxygens (including phenoxy) is 11. The first-order valence-electron chi connectivity index (χ1n) is 42.4. The standard InChI is InChI=1S/C88H136O28/c1-53(89)69(40-44-73(95)106-16)80(100)112-65-36-27-37-66(114-85(105)79(58(6)94)88(13,14)15)51-68(50-65)116-83(103)72(56(4)92)43-46-75(97)108-60-34-25-32-59(33-26-35-60)107-74(96)45-42-71(55(3)91)82(102)115-67-48-63(30-23-19-20-24-31-64(49-67)113-84(104)78(57(5)93)87(10,11)12)111-81(101)70(54(2)90)41-47-76(98)109-61-28-21-17-18-22-29-62(39-38-61)110-77(99)52-86(7,8)9/h59-72,78-79H,17-52H2,1-16H3. The van der Waals surface area contributed by atoms with Gasteiger partial charge in [0.2, 0.25) is 0 Å². The number of carbonyl (C=O) groups excluding carboxylic acids is 17. The van der Waals surface area contributed by atoms with Crippen LogP contribution in [-0.2, 0) is 134 Å². The molecular formula is C88H136O28. The van der Waals surface area contributed by atoms with E-state index < -0.39 is 196 Å². The molecule has 4 aliphatic carbocycles. The molecule has 4 aliphatic rings. The summed E-state index contributed by atoms with van der Waals surface area (Å²) in [5.74, 6) is -19.2. The molecule has 28 heteroatoms. The van der Waals surface area contributed by atoms with E-state index in [9.17, 15) is 81.5 Å². The highest BCUT2D eigenvalue weighted by molar-refractivity contribution is 6.01. The summed E-state index contributed by atoms with van der Waals surface area (Å²) in [6.07, 6.45) is 1.45. The van der Waals surface area contributed by atoms with Crippen molar-refractivity contribution in [3.8, 4) is 0 Å². The fourth-order valence-electron chi connectivity index (χ4n) is 16.0. The fraction of sp³-hybridized carbons (Fsp3) is 0.807. The summed E-state index contributed by atoms with van der Waals surface area (Å²) >= 11 is 0. The fourth-order valence-corrected chi connectivity index (χ4v) is 16.0. The minimum Gasteiger partial charge on any atom is -0.469 e. The zero-order valence-electron chi connectivity index (χ0n) is 72.1. The maximum atomic E-state index is 14.4. The van der Waals surface area contributed by atoms with Crippen molar-refractivity contribution >= 4 is 100 Å². The van der Waals surface area contributed by atoms with Gasteiger partial charge in [-0.15, -0.1) is 0 Å². The van der Waals surface area contributed by atoms with Gasteiger partial charge in [0.15, 0.2) is 0 Å². The predicted molar refractivity (Wildman–Crippen MR) is 420 cm³/mol. The zero-order chi connectivity index (χ0) is 86.8. The van der Waals surface area contributed by atoms with Gasteiger partial charge in [0.05, 0.1) is 13.5 Å². The Balaban J connectivity index is 1.41. The Kier molecular flexibility index (Phi) is 42.9. The van der Waals surface area contributed by atoms with Crippen LogP contribution in [-0.4, -0.2) is 169 Å². The lowest BCUT2D eigenvalue weighted by Gasteiger charge is -2.33. The average molecular weight is 1640 g/mol. The third-order valence-electron chi connectivity index (χ3n) is 22.1. The van der Waals surface area contributed by atoms with Crippen LogP contribution in [0, 0.1) is 51.8 Å². The minimum atomic E-state index is -1.47. The Morgan fingerprint density at radius 3 is 0.724 bits per heavy atom. The van der Waals surface area contributed by atoms with Crippen LogP contribution < -0.4 is 0 Å². The van der Waals surface area contributed by atoms with Crippen LogP contribution in [0.1, 0.15) is 335 Å². The van der Waals surface area contributed by atoms with Crippen LogP contribution in [0.25, 0.3) is 0 Å². The van der Waals surface area contributed by atoms with Crippen molar-refractivity contribution in [1.29, 1.82) is 0 Å². The Morgan fingerprint density at radius 2 is 0.474 bits per heavy atom. The van der Waals surface area contributed by atoms with E-state index in [0.29, 0.717) is 103 Å². The van der Waals surface area contributed by atoms with Gasteiger partial charge in [-0.25, -0.2) is 0 Å². The Morgan fingerprint density at radius 1 is 0.250 bits per heavy atom. The normalized spacial score (nSPS) is 24.0. The monoisotopic (exact) mass is 1640 g/mol. The number of ketones is 6. The lowest BCUT2D eigenvalue weighted by molar-refractivity contribution is -0.172. The maximum absolute atomic E-state index is 14.4. The molecule has 0 spiro atoms. The smallest absolute Gasteiger partial charge is 0.317 e. The van der Waals surface area contributed by atoms with E-state index in [0.717, 1.165) is 25.7 Å². The van der Waals surface area contributed by atoms with Gasteiger partial charge in [0, 0.05) is 51.4 Å². The van der Waals surface area contributed by atoms with Gasteiger partial charge in [-0.3, -0.25) is 81.5 Å². The Labute approximate surface area is 685 Å². The van der Waals surface area contributed by atoms with Crippen LogP contribution >= 0.6 is 0 Å². The first kappa shape index (κ1) is 101. The van der Waals surface area contributed by atoms with E-state index in [2.05, 4.69) is 4.74 Å². The number of carbonyl (C=O) groups is 17. The number of rotatable bonds is 35. The van der Waals surface area contributed by atoms with Crippen molar-refractivity contribution in [2.45, 2.75) is 396 Å². The SMILES string of the molecule is COC(=O)CCC(C(C)=O)C(=O)OC1CCCC(OC(=O)C(C(C)=O)C(C)(C)C)CC(OC(=O)C(CCC(=O)OC2CCCC(OC(=O)CCC(C(C)=O)C(=O)OC3CC(OC(=O)C(CCC(=O)OC4CCCCCCC(OC(=O)CC(C)(C)C)CC4)C(C)=O)CCCCCCC(OC(=O)C(C(C)=O)C(C)(C)C)C3)CCC2)C(C)=O)C1. The van der Waals surface area contributed by atoms with Crippen molar-refractivity contribution in [1.82, 2.24) is 0 Å². The lowest BCUT2D eigenvalue weighted by atomic mass is 9.78. The summed E-state index contributed by atoms with van der Waals surface area (Å²) < 4.78 is 64.5. The van der Waals surface area contributed by atoms with E-state index in [1.54, 1.807) is 41.5 Å². The maximum Gasteiger partial charge on any atom is 0.317 e. The van der Waals surface area contributed by atoms with Gasteiger partial charge >= 0.3 is 65.7 Å². The van der Waals surface area contributed by atoms with Gasteiger partial charge < -0.3 is 52.1 Å². The minimum absolute atomic E-state index is 0.116. The Hall–Kier alpha value is -7.81. The van der Waals surface area contributed by atoms with E-state index >= 15 is 0 Å². The second kappa shape index (κ2) is 49.5. The second-order valence-corrected chi connectivity index (χ2v) is 36.0. The topological polar surface area (TPSA) is 392 Å². The van der Waals surface area contributed by atoms with Crippen LogP contribution in [0.2, 0.25) is 0 Å². The van der Waals surface area contributed by atoms with E-state index in [1.165, 1.54) is 48.7 Å². The van der Waals surface area contributed by atoms with Crippen molar-refractivity contribution in [3.63, 3.8) is 0 Å². The second-order valence-electron chi connectivity index (χ2n) is 36.0. The number of hydrogen-bond acceptors (Lipinski definition) is 28. The molecule has 14 atom stereocenters. The number of esters is 11. The van der Waals surface area contributed by atoms with E-state index in [4.69, 9.17) is 47.4 Å². The van der Waals surface area contributed by atoms with Gasteiger partial charge in [0.25, 0.3) is 0 Å². The van der Waals surface area contributed by atoms with Crippen LogP contribution in [0.5, 0.6) is 0 Å². The molecule has 14 unspecified atom stereocenters. The van der Waals surface area contributed by atoms with Gasteiger partial charge in [-0.1, -0.05) is 88.0 Å². The summed E-state index contributed by atoms with van der Waals surface area (Å²) in [4.78, 5) is 227. The highest BCUT2D eigenvalue weighted by atomic mass is 16.6. The molecule has 28 nitrogen and oxygen atoms in total. The molecule has 656 valence electrons. The molecule has 0 aromatic carbocycles. The molecule has 0 heterocycles. The van der Waals surface area contributed by atoms with Crippen LogP contribution in [0.15, 0.2) is 0 Å². The molecule has 0 N–H and O–H groups in total. The third kappa shape index (κ3) is 37.9. The summed E-state index contributed by atoms with van der Waals surface area (Å²) in [5.41, 5.74) is -1.86. The van der Waals surface area contributed by atoms with Crippen LogP contribution in [0.3, 0.4) is 0 Å². The van der Waals surface area contributed by atoms with E-state index in [-0.39, 0.29) is 120 Å². The molecule has 0 amide bonds. The van der Waals surface area contributed by atoms with Crippen molar-refractivity contribution in [3.05, 3.63) is 0 Å². The summed E-state index contributed by atoms with van der Waals surface area (Å²) in [6.45, 7) is 23.6. The summed E-state index contributed by atoms with van der Waals surface area (Å²) in [5, 5.41) is 0. The summed E-state index contributed by atoms with van der Waals surface area (Å²) in [7, 11) is 1.17. The predicted octanol–water partition coefficient (Wildman–Crippen LogP) is 13.7. The lowest BCUT2D eigenvalue weighted by Crippen LogP contribution is -2.40. The van der Waals surface area contributed by atoms with Gasteiger partial charge in [-0.05, 0) is 205 Å². The molecule has 4 saturated carbocycles. The third-order valence-corrected chi connectivity index (χ3v) is 22.1. The van der Waals surface area contributed by atoms with Crippen LogP contribution in [0.4, 0.5) is 0 Å². The molecule has 0 aromatic heterocycles. The number of hydrogen-bond donors (Lipinski definition) is 0. The molecule has 4 rings (SSSR count). The zero-order valence-corrected chi connectivity index (χ0v) is 72.1. The molecule has 0 radical (unpaired) electrons. The molecule has 0 aliphatic heterocycles.